The number of sulfonamides is 1. The summed E-state index contributed by atoms with van der Waals surface area (Å²) >= 11 is 0. The summed E-state index contributed by atoms with van der Waals surface area (Å²) in [5.74, 6) is 0.337. The highest BCUT2D eigenvalue weighted by Crippen LogP contribution is 2.31. The van der Waals surface area contributed by atoms with Gasteiger partial charge in [-0.25, -0.2) is 13.4 Å². The zero-order chi connectivity index (χ0) is 15.0. The zero-order valence-corrected chi connectivity index (χ0v) is 12.4. The molecule has 0 aromatic carbocycles. The number of hydrogen-bond donors (Lipinski definition) is 1. The van der Waals surface area contributed by atoms with Crippen LogP contribution >= 0.6 is 0 Å². The Morgan fingerprint density at radius 2 is 1.90 bits per heavy atom. The van der Waals surface area contributed by atoms with Crippen molar-refractivity contribution >= 4 is 21.7 Å². The molecule has 0 bridgehead atoms. The van der Waals surface area contributed by atoms with E-state index in [1.165, 1.54) is 16.6 Å². The van der Waals surface area contributed by atoms with Crippen molar-refractivity contribution in [1.29, 1.82) is 0 Å². The van der Waals surface area contributed by atoms with Crippen molar-refractivity contribution in [3.63, 3.8) is 0 Å². The van der Waals surface area contributed by atoms with Gasteiger partial charge < -0.3 is 10.6 Å². The lowest BCUT2D eigenvalue weighted by Gasteiger charge is -2.34. The number of anilines is 1. The summed E-state index contributed by atoms with van der Waals surface area (Å²) in [6.45, 7) is 1.48. The van der Waals surface area contributed by atoms with E-state index in [1.54, 1.807) is 11.0 Å². The van der Waals surface area contributed by atoms with E-state index in [0.29, 0.717) is 26.2 Å². The van der Waals surface area contributed by atoms with Gasteiger partial charge in [0.05, 0.1) is 0 Å². The van der Waals surface area contributed by atoms with Crippen LogP contribution in [0.2, 0.25) is 0 Å². The minimum atomic E-state index is -3.64. The van der Waals surface area contributed by atoms with Gasteiger partial charge in [-0.05, 0) is 25.0 Å². The van der Waals surface area contributed by atoms with Crippen LogP contribution in [0.4, 0.5) is 5.82 Å². The van der Waals surface area contributed by atoms with E-state index in [4.69, 9.17) is 5.73 Å². The Kier molecular flexibility index (Phi) is 3.58. The fraction of sp³-hybridized carbons (Fsp3) is 0.538. The van der Waals surface area contributed by atoms with Gasteiger partial charge in [0.1, 0.15) is 10.7 Å². The van der Waals surface area contributed by atoms with Gasteiger partial charge in [0.25, 0.3) is 0 Å². The first kappa shape index (κ1) is 14.3. The molecule has 1 aromatic rings. The van der Waals surface area contributed by atoms with Crippen LogP contribution in [0, 0.1) is 5.92 Å². The maximum atomic E-state index is 12.5. The van der Waals surface area contributed by atoms with Crippen LogP contribution in [0.3, 0.4) is 0 Å². The Labute approximate surface area is 123 Å². The first-order valence-electron chi connectivity index (χ1n) is 6.99. The molecule has 1 saturated heterocycles. The molecule has 8 heteroatoms. The topological polar surface area (TPSA) is 96.6 Å². The number of pyridine rings is 1. The molecule has 0 atom stereocenters. The van der Waals surface area contributed by atoms with Crippen LogP contribution in [0.15, 0.2) is 23.2 Å². The molecule has 1 aliphatic carbocycles. The predicted octanol–water partition coefficient (Wildman–Crippen LogP) is -0.0933. The summed E-state index contributed by atoms with van der Waals surface area (Å²) in [5.41, 5.74) is 5.66. The van der Waals surface area contributed by atoms with Gasteiger partial charge in [0.2, 0.25) is 15.9 Å². The SMILES string of the molecule is Nc1ncccc1S(=O)(=O)N1CCN(C(=O)C2CC2)CC1. The third kappa shape index (κ3) is 2.73. The van der Waals surface area contributed by atoms with Gasteiger partial charge in [0.15, 0.2) is 0 Å². The van der Waals surface area contributed by atoms with Gasteiger partial charge in [-0.1, -0.05) is 0 Å². The Balaban J connectivity index is 1.71. The monoisotopic (exact) mass is 310 g/mol. The van der Waals surface area contributed by atoms with Gasteiger partial charge in [-0.2, -0.15) is 4.31 Å². The quantitative estimate of drug-likeness (QED) is 0.841. The van der Waals surface area contributed by atoms with Crippen LogP contribution in [-0.4, -0.2) is 54.7 Å². The Morgan fingerprint density at radius 1 is 1.24 bits per heavy atom. The first-order chi connectivity index (χ1) is 10.00. The number of amides is 1. The van der Waals surface area contributed by atoms with E-state index in [0.717, 1.165) is 12.8 Å². The van der Waals surface area contributed by atoms with Crippen LogP contribution in [0.5, 0.6) is 0 Å². The smallest absolute Gasteiger partial charge is 0.246 e. The third-order valence-electron chi connectivity index (χ3n) is 3.89. The summed E-state index contributed by atoms with van der Waals surface area (Å²) < 4.78 is 26.4. The van der Waals surface area contributed by atoms with E-state index in [-0.39, 0.29) is 22.5 Å². The van der Waals surface area contributed by atoms with E-state index in [1.807, 2.05) is 0 Å². The second-order valence-electron chi connectivity index (χ2n) is 5.39. The summed E-state index contributed by atoms with van der Waals surface area (Å²) in [6, 6.07) is 3.01. The molecule has 1 amide bonds. The Morgan fingerprint density at radius 3 is 2.48 bits per heavy atom. The van der Waals surface area contributed by atoms with Crippen molar-refractivity contribution in [3.05, 3.63) is 18.3 Å². The van der Waals surface area contributed by atoms with E-state index < -0.39 is 10.0 Å². The molecule has 2 N–H and O–H groups in total. The number of piperazine rings is 1. The number of nitrogens with zero attached hydrogens (tertiary/aromatic N) is 3. The normalized spacial score (nSPS) is 20.5. The van der Waals surface area contributed by atoms with E-state index in [9.17, 15) is 13.2 Å². The summed E-state index contributed by atoms with van der Waals surface area (Å²) in [4.78, 5) is 17.6. The molecule has 1 aliphatic heterocycles. The number of carbonyl (C=O) groups is 1. The number of carbonyl (C=O) groups excluding carboxylic acids is 1. The molecule has 1 saturated carbocycles. The molecule has 0 spiro atoms. The molecule has 114 valence electrons. The molecule has 0 radical (unpaired) electrons. The number of hydrogen-bond acceptors (Lipinski definition) is 5. The van der Waals surface area contributed by atoms with Crippen LogP contribution in [0.1, 0.15) is 12.8 Å². The third-order valence-corrected chi connectivity index (χ3v) is 5.84. The van der Waals surface area contributed by atoms with Crippen molar-refractivity contribution in [2.45, 2.75) is 17.7 Å². The van der Waals surface area contributed by atoms with Gasteiger partial charge in [0, 0.05) is 38.3 Å². The number of aromatic nitrogens is 1. The van der Waals surface area contributed by atoms with Crippen molar-refractivity contribution in [2.24, 2.45) is 5.92 Å². The minimum Gasteiger partial charge on any atom is -0.383 e. The lowest BCUT2D eigenvalue weighted by atomic mass is 10.3. The van der Waals surface area contributed by atoms with Crippen LogP contribution in [-0.2, 0) is 14.8 Å². The molecular formula is C13H18N4O3S. The average Bonchev–Trinajstić information content (AvgIpc) is 3.31. The van der Waals surface area contributed by atoms with E-state index >= 15 is 0 Å². The molecule has 2 heterocycles. The summed E-state index contributed by atoms with van der Waals surface area (Å²) in [6.07, 6.45) is 3.38. The fourth-order valence-electron chi connectivity index (χ4n) is 2.50. The molecule has 0 unspecified atom stereocenters. The van der Waals surface area contributed by atoms with Gasteiger partial charge in [-0.15, -0.1) is 0 Å². The molecule has 1 aromatic heterocycles. The number of nitrogen functional groups attached to an aromatic ring is 1. The standard InChI is InChI=1S/C13H18N4O3S/c14-12-11(2-1-5-15-12)21(19,20)17-8-6-16(7-9-17)13(18)10-3-4-10/h1-2,5,10H,3-4,6-9H2,(H2,14,15). The molecular weight excluding hydrogens is 292 g/mol. The van der Waals surface area contributed by atoms with Gasteiger partial charge >= 0.3 is 0 Å². The molecule has 3 rings (SSSR count). The second-order valence-corrected chi connectivity index (χ2v) is 7.30. The molecule has 2 fully saturated rings. The van der Waals surface area contributed by atoms with E-state index in [2.05, 4.69) is 4.98 Å². The number of nitrogens with two attached hydrogens (primary N) is 1. The number of rotatable bonds is 3. The fourth-order valence-corrected chi connectivity index (χ4v) is 3.99. The molecule has 2 aliphatic rings. The lowest BCUT2D eigenvalue weighted by Crippen LogP contribution is -2.51. The van der Waals surface area contributed by atoms with Crippen molar-refractivity contribution in [3.8, 4) is 0 Å². The van der Waals surface area contributed by atoms with Crippen molar-refractivity contribution in [1.82, 2.24) is 14.2 Å². The highest BCUT2D eigenvalue weighted by Gasteiger charge is 2.37. The minimum absolute atomic E-state index is 0.00832. The Hall–Kier alpha value is -1.67. The average molecular weight is 310 g/mol. The molecule has 21 heavy (non-hydrogen) atoms. The first-order valence-corrected chi connectivity index (χ1v) is 8.43. The zero-order valence-electron chi connectivity index (χ0n) is 11.6. The predicted molar refractivity (Wildman–Crippen MR) is 76.7 cm³/mol. The Bertz CT molecular complexity index is 649. The van der Waals surface area contributed by atoms with Gasteiger partial charge in [-0.3, -0.25) is 4.79 Å². The van der Waals surface area contributed by atoms with Crippen LogP contribution < -0.4 is 5.73 Å². The largest absolute Gasteiger partial charge is 0.383 e. The molecule has 7 nitrogen and oxygen atoms in total. The highest BCUT2D eigenvalue weighted by molar-refractivity contribution is 7.89. The van der Waals surface area contributed by atoms with Crippen LogP contribution in [0.25, 0.3) is 0 Å². The lowest BCUT2D eigenvalue weighted by molar-refractivity contribution is -0.133. The summed E-state index contributed by atoms with van der Waals surface area (Å²) in [7, 11) is -3.64. The second kappa shape index (κ2) is 5.27. The summed E-state index contributed by atoms with van der Waals surface area (Å²) in [5, 5.41) is 0. The van der Waals surface area contributed by atoms with Crippen molar-refractivity contribution < 1.29 is 13.2 Å². The maximum absolute atomic E-state index is 12.5. The van der Waals surface area contributed by atoms with Crippen molar-refractivity contribution in [2.75, 3.05) is 31.9 Å². The highest BCUT2D eigenvalue weighted by atomic mass is 32.2. The maximum Gasteiger partial charge on any atom is 0.246 e.